The van der Waals surface area contributed by atoms with Crippen molar-refractivity contribution in [2.45, 2.75) is 13.3 Å². The number of nitro groups is 1. The topological polar surface area (TPSA) is 107 Å². The Bertz CT molecular complexity index is 634. The van der Waals surface area contributed by atoms with Crippen LogP contribution in [0.2, 0.25) is 0 Å². The fourth-order valence-electron chi connectivity index (χ4n) is 2.34. The van der Waals surface area contributed by atoms with Crippen LogP contribution >= 0.6 is 0 Å². The average molecular weight is 295 g/mol. The first-order valence-corrected chi connectivity index (χ1v) is 6.28. The second-order valence-electron chi connectivity index (χ2n) is 5.32. The van der Waals surface area contributed by atoms with Gasteiger partial charge in [-0.2, -0.15) is 0 Å². The molecule has 1 fully saturated rings. The van der Waals surface area contributed by atoms with E-state index in [4.69, 9.17) is 5.73 Å². The molecule has 0 saturated carbocycles. The maximum Gasteiger partial charge on any atom is 0.282 e. The van der Waals surface area contributed by atoms with Gasteiger partial charge in [0, 0.05) is 19.2 Å². The van der Waals surface area contributed by atoms with Crippen molar-refractivity contribution in [1.82, 2.24) is 4.90 Å². The molecule has 8 heteroatoms. The minimum atomic E-state index is -0.863. The van der Waals surface area contributed by atoms with E-state index in [-0.39, 0.29) is 18.7 Å². The number of primary amides is 1. The maximum absolute atomic E-state index is 13.3. The molecule has 1 atom stereocenters. The first kappa shape index (κ1) is 14.9. The van der Waals surface area contributed by atoms with E-state index in [1.54, 1.807) is 6.92 Å². The number of halogens is 1. The van der Waals surface area contributed by atoms with Crippen molar-refractivity contribution >= 4 is 17.5 Å². The summed E-state index contributed by atoms with van der Waals surface area (Å²) >= 11 is 0. The molecule has 1 saturated heterocycles. The molecule has 2 N–H and O–H groups in total. The van der Waals surface area contributed by atoms with Crippen molar-refractivity contribution in [2.75, 3.05) is 13.1 Å². The van der Waals surface area contributed by atoms with E-state index in [0.717, 1.165) is 18.2 Å². The molecular weight excluding hydrogens is 281 g/mol. The molecular formula is C13H14FN3O4. The van der Waals surface area contributed by atoms with E-state index in [1.165, 1.54) is 4.90 Å². The highest BCUT2D eigenvalue weighted by Crippen LogP contribution is 2.31. The van der Waals surface area contributed by atoms with Gasteiger partial charge in [-0.15, -0.1) is 0 Å². The van der Waals surface area contributed by atoms with Gasteiger partial charge in [-0.1, -0.05) is 0 Å². The number of nitrogens with two attached hydrogens (primary N) is 1. The molecule has 1 aromatic rings. The number of amides is 2. The fourth-order valence-corrected chi connectivity index (χ4v) is 2.34. The van der Waals surface area contributed by atoms with Gasteiger partial charge in [0.05, 0.1) is 10.3 Å². The third-order valence-corrected chi connectivity index (χ3v) is 3.74. The zero-order chi connectivity index (χ0) is 15.8. The van der Waals surface area contributed by atoms with Gasteiger partial charge in [-0.3, -0.25) is 19.7 Å². The van der Waals surface area contributed by atoms with Crippen molar-refractivity contribution in [2.24, 2.45) is 11.1 Å². The Morgan fingerprint density at radius 3 is 2.67 bits per heavy atom. The van der Waals surface area contributed by atoms with Crippen LogP contribution in [0.4, 0.5) is 10.1 Å². The molecule has 1 unspecified atom stereocenters. The Labute approximate surface area is 119 Å². The number of likely N-dealkylation sites (tertiary alicyclic amines) is 1. The molecule has 2 amide bonds. The van der Waals surface area contributed by atoms with Crippen molar-refractivity contribution < 1.29 is 18.9 Å². The highest BCUT2D eigenvalue weighted by molar-refractivity contribution is 5.99. The molecule has 2 rings (SSSR count). The zero-order valence-electron chi connectivity index (χ0n) is 11.3. The SMILES string of the molecule is CC1(C(N)=O)CCN(C(=O)c2cc(F)ccc2[N+](=O)[O-])C1. The summed E-state index contributed by atoms with van der Waals surface area (Å²) in [5.74, 6) is -1.95. The van der Waals surface area contributed by atoms with Crippen molar-refractivity contribution in [1.29, 1.82) is 0 Å². The van der Waals surface area contributed by atoms with E-state index in [1.807, 2.05) is 0 Å². The predicted octanol–water partition coefficient (Wildman–Crippen LogP) is 1.07. The van der Waals surface area contributed by atoms with Crippen molar-refractivity contribution in [3.05, 3.63) is 39.7 Å². The van der Waals surface area contributed by atoms with Crippen LogP contribution in [0.5, 0.6) is 0 Å². The monoisotopic (exact) mass is 295 g/mol. The fraction of sp³-hybridized carbons (Fsp3) is 0.385. The smallest absolute Gasteiger partial charge is 0.282 e. The lowest BCUT2D eigenvalue weighted by Gasteiger charge is -2.21. The molecule has 112 valence electrons. The summed E-state index contributed by atoms with van der Waals surface area (Å²) in [6.07, 6.45) is 0.372. The average Bonchev–Trinajstić information content (AvgIpc) is 2.81. The van der Waals surface area contributed by atoms with E-state index in [2.05, 4.69) is 0 Å². The van der Waals surface area contributed by atoms with Crippen LogP contribution in [0, 0.1) is 21.3 Å². The molecule has 1 aliphatic heterocycles. The number of rotatable bonds is 3. The summed E-state index contributed by atoms with van der Waals surface area (Å²) in [5.41, 5.74) is 3.64. The molecule has 0 aliphatic carbocycles. The van der Waals surface area contributed by atoms with E-state index in [9.17, 15) is 24.1 Å². The van der Waals surface area contributed by atoms with Gasteiger partial charge in [-0.05, 0) is 25.5 Å². The van der Waals surface area contributed by atoms with Crippen LogP contribution in [0.25, 0.3) is 0 Å². The van der Waals surface area contributed by atoms with Crippen LogP contribution in [-0.4, -0.2) is 34.7 Å². The molecule has 1 aliphatic rings. The van der Waals surface area contributed by atoms with Gasteiger partial charge in [-0.25, -0.2) is 4.39 Å². The quantitative estimate of drug-likeness (QED) is 0.664. The third kappa shape index (κ3) is 2.69. The second kappa shape index (κ2) is 5.12. The van der Waals surface area contributed by atoms with Crippen molar-refractivity contribution in [3.63, 3.8) is 0 Å². The van der Waals surface area contributed by atoms with Gasteiger partial charge in [0.15, 0.2) is 0 Å². The third-order valence-electron chi connectivity index (χ3n) is 3.74. The number of nitrogens with zero attached hydrogens (tertiary/aromatic N) is 2. The standard InChI is InChI=1S/C13H14FN3O4/c1-13(12(15)19)4-5-16(7-13)11(18)9-6-8(14)2-3-10(9)17(20)21/h2-3,6H,4-5,7H2,1H3,(H2,15,19). The molecule has 1 heterocycles. The molecule has 0 aromatic heterocycles. The second-order valence-corrected chi connectivity index (χ2v) is 5.32. The molecule has 0 radical (unpaired) electrons. The lowest BCUT2D eigenvalue weighted by atomic mass is 9.89. The van der Waals surface area contributed by atoms with Gasteiger partial charge in [0.25, 0.3) is 11.6 Å². The van der Waals surface area contributed by atoms with Crippen LogP contribution in [0.3, 0.4) is 0 Å². The predicted molar refractivity (Wildman–Crippen MR) is 70.9 cm³/mol. The van der Waals surface area contributed by atoms with E-state index < -0.39 is 33.7 Å². The van der Waals surface area contributed by atoms with Gasteiger partial charge < -0.3 is 10.6 Å². The number of carbonyl (C=O) groups is 2. The highest BCUT2D eigenvalue weighted by Gasteiger charge is 2.41. The Balaban J connectivity index is 2.32. The van der Waals surface area contributed by atoms with Crippen LogP contribution in [0.15, 0.2) is 18.2 Å². The van der Waals surface area contributed by atoms with E-state index in [0.29, 0.717) is 6.42 Å². The summed E-state index contributed by atoms with van der Waals surface area (Å²) < 4.78 is 13.3. The summed E-state index contributed by atoms with van der Waals surface area (Å²) in [6.45, 7) is 1.93. The number of hydrogen-bond acceptors (Lipinski definition) is 4. The Morgan fingerprint density at radius 2 is 2.14 bits per heavy atom. The number of hydrogen-bond donors (Lipinski definition) is 1. The number of nitro benzene ring substituents is 1. The summed E-state index contributed by atoms with van der Waals surface area (Å²) in [5, 5.41) is 10.9. The summed E-state index contributed by atoms with van der Waals surface area (Å²) in [6, 6.07) is 2.71. The molecule has 0 spiro atoms. The molecule has 0 bridgehead atoms. The molecule has 21 heavy (non-hydrogen) atoms. The number of benzene rings is 1. The van der Waals surface area contributed by atoms with Gasteiger partial charge >= 0.3 is 0 Å². The van der Waals surface area contributed by atoms with Gasteiger partial charge in [0.1, 0.15) is 11.4 Å². The highest BCUT2D eigenvalue weighted by atomic mass is 19.1. The Kier molecular flexibility index (Phi) is 3.63. The zero-order valence-corrected chi connectivity index (χ0v) is 11.3. The first-order valence-electron chi connectivity index (χ1n) is 6.28. The molecule has 7 nitrogen and oxygen atoms in total. The van der Waals surface area contributed by atoms with Gasteiger partial charge in [0.2, 0.25) is 5.91 Å². The lowest BCUT2D eigenvalue weighted by Crippen LogP contribution is -2.38. The summed E-state index contributed by atoms with van der Waals surface area (Å²) in [7, 11) is 0. The number of carbonyl (C=O) groups excluding carboxylic acids is 2. The van der Waals surface area contributed by atoms with Crippen LogP contribution in [0.1, 0.15) is 23.7 Å². The Hall–Kier alpha value is -2.51. The van der Waals surface area contributed by atoms with Crippen molar-refractivity contribution in [3.8, 4) is 0 Å². The minimum Gasteiger partial charge on any atom is -0.369 e. The first-order chi connectivity index (χ1) is 9.74. The minimum absolute atomic E-state index is 0.0643. The molecule has 1 aromatic carbocycles. The largest absolute Gasteiger partial charge is 0.369 e. The Morgan fingerprint density at radius 1 is 1.48 bits per heavy atom. The summed E-state index contributed by atoms with van der Waals surface area (Å²) in [4.78, 5) is 35.2. The lowest BCUT2D eigenvalue weighted by molar-refractivity contribution is -0.385. The maximum atomic E-state index is 13.3. The normalized spacial score (nSPS) is 21.3. The van der Waals surface area contributed by atoms with Crippen LogP contribution in [-0.2, 0) is 4.79 Å². The van der Waals surface area contributed by atoms with Crippen LogP contribution < -0.4 is 5.73 Å². The van der Waals surface area contributed by atoms with E-state index >= 15 is 0 Å².